The molecule has 1 N–H and O–H groups in total. The zero-order valence-electron chi connectivity index (χ0n) is 9.68. The predicted molar refractivity (Wildman–Crippen MR) is 65.8 cm³/mol. The number of rotatable bonds is 4. The fraction of sp³-hybridized carbons (Fsp3) is 0.143. The molecule has 2 aromatic rings. The minimum absolute atomic E-state index is 0.301. The molecule has 0 radical (unpaired) electrons. The van der Waals surface area contributed by atoms with Crippen LogP contribution in [0.4, 0.5) is 4.39 Å². The van der Waals surface area contributed by atoms with E-state index >= 15 is 0 Å². The lowest BCUT2D eigenvalue weighted by molar-refractivity contribution is 0.614. The van der Waals surface area contributed by atoms with Crippen molar-refractivity contribution in [3.8, 4) is 6.07 Å². The second kappa shape index (κ2) is 5.89. The summed E-state index contributed by atoms with van der Waals surface area (Å²) in [6, 6.07) is 11.4. The van der Waals surface area contributed by atoms with Crippen molar-refractivity contribution in [3.05, 3.63) is 65.7 Å². The molecule has 0 bridgehead atoms. The Kier molecular flexibility index (Phi) is 4.00. The molecule has 90 valence electrons. The van der Waals surface area contributed by atoms with Gasteiger partial charge in [-0.1, -0.05) is 12.1 Å². The lowest BCUT2D eigenvalue weighted by Gasteiger charge is -2.11. The van der Waals surface area contributed by atoms with Crippen LogP contribution in [0.1, 0.15) is 17.2 Å². The highest BCUT2D eigenvalue weighted by molar-refractivity contribution is 5.25. The van der Waals surface area contributed by atoms with E-state index in [2.05, 4.69) is 16.4 Å². The number of halogens is 1. The average Bonchev–Trinajstić information content (AvgIpc) is 2.42. The molecule has 3 nitrogen and oxygen atoms in total. The molecule has 0 amide bonds. The van der Waals surface area contributed by atoms with Gasteiger partial charge in [0.25, 0.3) is 0 Å². The first-order valence-corrected chi connectivity index (χ1v) is 5.57. The van der Waals surface area contributed by atoms with Crippen LogP contribution in [-0.2, 0) is 6.54 Å². The lowest BCUT2D eigenvalue weighted by Crippen LogP contribution is -2.19. The average molecular weight is 241 g/mol. The first-order chi connectivity index (χ1) is 8.79. The molecule has 0 saturated heterocycles. The van der Waals surface area contributed by atoms with Gasteiger partial charge >= 0.3 is 0 Å². The number of aromatic nitrogens is 1. The first-order valence-electron chi connectivity index (χ1n) is 5.57. The van der Waals surface area contributed by atoms with E-state index in [1.165, 1.54) is 12.1 Å². The van der Waals surface area contributed by atoms with Crippen molar-refractivity contribution in [1.29, 1.82) is 5.26 Å². The van der Waals surface area contributed by atoms with E-state index in [4.69, 9.17) is 5.26 Å². The number of nitrogens with zero attached hydrogens (tertiary/aromatic N) is 2. The summed E-state index contributed by atoms with van der Waals surface area (Å²) in [5.41, 5.74) is 1.81. The second-order valence-corrected chi connectivity index (χ2v) is 3.85. The van der Waals surface area contributed by atoms with E-state index in [9.17, 15) is 4.39 Å². The minimum atomic E-state index is -0.446. The van der Waals surface area contributed by atoms with Crippen molar-refractivity contribution in [2.75, 3.05) is 0 Å². The number of hydrogen-bond donors (Lipinski definition) is 1. The Hall–Kier alpha value is -2.25. The van der Waals surface area contributed by atoms with Crippen LogP contribution >= 0.6 is 0 Å². The summed E-state index contributed by atoms with van der Waals surface area (Å²) in [5.74, 6) is -0.301. The third-order valence-electron chi connectivity index (χ3n) is 2.59. The highest BCUT2D eigenvalue weighted by Crippen LogP contribution is 2.13. The molecule has 0 aliphatic carbocycles. The number of nitriles is 1. The molecule has 4 heteroatoms. The van der Waals surface area contributed by atoms with Crippen LogP contribution in [0.2, 0.25) is 0 Å². The van der Waals surface area contributed by atoms with Gasteiger partial charge in [0, 0.05) is 18.9 Å². The molecule has 0 saturated carbocycles. The van der Waals surface area contributed by atoms with Gasteiger partial charge in [-0.05, 0) is 35.4 Å². The summed E-state index contributed by atoms with van der Waals surface area (Å²) in [4.78, 5) is 3.93. The van der Waals surface area contributed by atoms with Crippen LogP contribution in [0.3, 0.4) is 0 Å². The molecule has 0 aliphatic rings. The summed E-state index contributed by atoms with van der Waals surface area (Å²) in [6.45, 7) is 0.568. The lowest BCUT2D eigenvalue weighted by atomic mass is 10.1. The molecule has 0 fully saturated rings. The van der Waals surface area contributed by atoms with Gasteiger partial charge in [0.1, 0.15) is 11.9 Å². The largest absolute Gasteiger partial charge is 0.294 e. The SMILES string of the molecule is N#CC(NCc1ccncc1)c1ccc(F)cc1. The Balaban J connectivity index is 2.02. The fourth-order valence-corrected chi connectivity index (χ4v) is 1.61. The predicted octanol–water partition coefficient (Wildman–Crippen LogP) is 2.58. The zero-order chi connectivity index (χ0) is 12.8. The number of hydrogen-bond acceptors (Lipinski definition) is 3. The molecule has 0 spiro atoms. The highest BCUT2D eigenvalue weighted by Gasteiger charge is 2.09. The Morgan fingerprint density at radius 1 is 1.17 bits per heavy atom. The third-order valence-corrected chi connectivity index (χ3v) is 2.59. The van der Waals surface area contributed by atoms with E-state index < -0.39 is 6.04 Å². The minimum Gasteiger partial charge on any atom is -0.294 e. The molecule has 18 heavy (non-hydrogen) atoms. The van der Waals surface area contributed by atoms with Crippen molar-refractivity contribution in [2.45, 2.75) is 12.6 Å². The molecule has 1 aromatic carbocycles. The Bertz CT molecular complexity index is 531. The first kappa shape index (κ1) is 12.2. The third kappa shape index (κ3) is 3.12. The van der Waals surface area contributed by atoms with Crippen LogP contribution in [0, 0.1) is 17.1 Å². The summed E-state index contributed by atoms with van der Waals surface area (Å²) in [7, 11) is 0. The van der Waals surface area contributed by atoms with Crippen LogP contribution in [0.15, 0.2) is 48.8 Å². The van der Waals surface area contributed by atoms with Crippen molar-refractivity contribution in [2.24, 2.45) is 0 Å². The van der Waals surface area contributed by atoms with Crippen molar-refractivity contribution in [1.82, 2.24) is 10.3 Å². The van der Waals surface area contributed by atoms with Crippen LogP contribution in [0.5, 0.6) is 0 Å². The quantitative estimate of drug-likeness (QED) is 0.895. The number of pyridine rings is 1. The molecule has 1 atom stereocenters. The second-order valence-electron chi connectivity index (χ2n) is 3.85. The van der Waals surface area contributed by atoms with E-state index in [1.54, 1.807) is 24.5 Å². The van der Waals surface area contributed by atoms with Gasteiger partial charge in [-0.15, -0.1) is 0 Å². The van der Waals surface area contributed by atoms with Gasteiger partial charge in [0.05, 0.1) is 6.07 Å². The van der Waals surface area contributed by atoms with E-state index in [0.29, 0.717) is 6.54 Å². The van der Waals surface area contributed by atoms with Crippen LogP contribution in [-0.4, -0.2) is 4.98 Å². The monoisotopic (exact) mass is 241 g/mol. The Labute approximate surface area is 105 Å². The number of nitrogens with one attached hydrogen (secondary N) is 1. The van der Waals surface area contributed by atoms with Crippen molar-refractivity contribution in [3.63, 3.8) is 0 Å². The molecular formula is C14H12FN3. The van der Waals surface area contributed by atoms with Crippen LogP contribution in [0.25, 0.3) is 0 Å². The van der Waals surface area contributed by atoms with Gasteiger partial charge in [-0.3, -0.25) is 10.3 Å². The molecule has 0 aliphatic heterocycles. The van der Waals surface area contributed by atoms with Gasteiger partial charge < -0.3 is 0 Å². The molecule has 1 heterocycles. The topological polar surface area (TPSA) is 48.7 Å². The standard InChI is InChI=1S/C14H12FN3/c15-13-3-1-12(2-4-13)14(9-16)18-10-11-5-7-17-8-6-11/h1-8,14,18H,10H2. The highest BCUT2D eigenvalue weighted by atomic mass is 19.1. The van der Waals surface area contributed by atoms with Gasteiger partial charge in [0.15, 0.2) is 0 Å². The van der Waals surface area contributed by atoms with Crippen molar-refractivity contribution >= 4 is 0 Å². The molecule has 2 rings (SSSR count). The zero-order valence-corrected chi connectivity index (χ0v) is 9.68. The van der Waals surface area contributed by atoms with E-state index in [1.807, 2.05) is 12.1 Å². The maximum Gasteiger partial charge on any atom is 0.123 e. The fourth-order valence-electron chi connectivity index (χ4n) is 1.61. The maximum atomic E-state index is 12.8. The summed E-state index contributed by atoms with van der Waals surface area (Å²) in [5, 5.41) is 12.2. The normalized spacial score (nSPS) is 11.8. The van der Waals surface area contributed by atoms with Gasteiger partial charge in [0.2, 0.25) is 0 Å². The van der Waals surface area contributed by atoms with Crippen LogP contribution < -0.4 is 5.32 Å². The molecular weight excluding hydrogens is 229 g/mol. The van der Waals surface area contributed by atoms with E-state index in [-0.39, 0.29) is 5.82 Å². The smallest absolute Gasteiger partial charge is 0.123 e. The molecule has 1 unspecified atom stereocenters. The van der Waals surface area contributed by atoms with Crippen molar-refractivity contribution < 1.29 is 4.39 Å². The van der Waals surface area contributed by atoms with E-state index in [0.717, 1.165) is 11.1 Å². The van der Waals surface area contributed by atoms with Gasteiger partial charge in [-0.25, -0.2) is 4.39 Å². The van der Waals surface area contributed by atoms with Gasteiger partial charge in [-0.2, -0.15) is 5.26 Å². The number of benzene rings is 1. The Morgan fingerprint density at radius 3 is 2.44 bits per heavy atom. The maximum absolute atomic E-state index is 12.8. The summed E-state index contributed by atoms with van der Waals surface area (Å²) in [6.07, 6.45) is 3.41. The Morgan fingerprint density at radius 2 is 1.83 bits per heavy atom. The summed E-state index contributed by atoms with van der Waals surface area (Å²) >= 11 is 0. The molecule has 1 aromatic heterocycles. The summed E-state index contributed by atoms with van der Waals surface area (Å²) < 4.78 is 12.8.